The number of rotatable bonds is 3. The molecule has 2 atom stereocenters. The Kier molecular flexibility index (Phi) is 4.94. The molecular weight excluding hydrogens is 401 g/mol. The number of likely N-dealkylation sites (tertiary alicyclic amines) is 1. The van der Waals surface area contributed by atoms with E-state index in [0.29, 0.717) is 27.8 Å². The molecule has 3 aromatic rings. The molecule has 0 unspecified atom stereocenters. The molecule has 1 saturated heterocycles. The molecule has 0 bridgehead atoms. The SMILES string of the molecule is O=C(O)N1C[C@H](O)[C@H](Nc2nnc(-c3ccc(C(F)(F)F)cc3)c3ccccc23)C1. The zero-order valence-electron chi connectivity index (χ0n) is 15.5. The molecule has 0 saturated carbocycles. The Morgan fingerprint density at radius 2 is 1.70 bits per heavy atom. The number of amides is 1. The molecule has 30 heavy (non-hydrogen) atoms. The van der Waals surface area contributed by atoms with Crippen molar-refractivity contribution >= 4 is 22.7 Å². The second kappa shape index (κ2) is 7.45. The second-order valence-corrected chi connectivity index (χ2v) is 7.02. The van der Waals surface area contributed by atoms with Crippen LogP contribution in [-0.2, 0) is 6.18 Å². The van der Waals surface area contributed by atoms with Crippen LogP contribution in [0, 0.1) is 0 Å². The number of alkyl halides is 3. The van der Waals surface area contributed by atoms with Crippen molar-refractivity contribution in [2.45, 2.75) is 18.3 Å². The van der Waals surface area contributed by atoms with E-state index in [4.69, 9.17) is 5.11 Å². The van der Waals surface area contributed by atoms with E-state index in [0.717, 1.165) is 17.0 Å². The number of fused-ring (bicyclic) bond motifs is 1. The number of nitrogens with zero attached hydrogens (tertiary/aromatic N) is 3. The second-order valence-electron chi connectivity index (χ2n) is 7.02. The van der Waals surface area contributed by atoms with Gasteiger partial charge in [0.15, 0.2) is 5.82 Å². The number of anilines is 1. The third kappa shape index (κ3) is 3.73. The van der Waals surface area contributed by atoms with Crippen LogP contribution in [0.1, 0.15) is 5.56 Å². The summed E-state index contributed by atoms with van der Waals surface area (Å²) in [5.41, 5.74) is 0.153. The molecule has 7 nitrogen and oxygen atoms in total. The van der Waals surface area contributed by atoms with Gasteiger partial charge >= 0.3 is 12.3 Å². The van der Waals surface area contributed by atoms with E-state index in [-0.39, 0.29) is 13.1 Å². The molecule has 3 N–H and O–H groups in total. The number of hydrogen-bond donors (Lipinski definition) is 3. The van der Waals surface area contributed by atoms with E-state index in [1.165, 1.54) is 12.1 Å². The number of nitrogens with one attached hydrogen (secondary N) is 1. The van der Waals surface area contributed by atoms with Crippen LogP contribution < -0.4 is 5.32 Å². The number of aliphatic hydroxyl groups excluding tert-OH is 1. The predicted octanol–water partition coefficient (Wildman–Crippen LogP) is 3.45. The van der Waals surface area contributed by atoms with Crippen LogP contribution in [0.5, 0.6) is 0 Å². The van der Waals surface area contributed by atoms with Crippen molar-refractivity contribution in [1.82, 2.24) is 15.1 Å². The van der Waals surface area contributed by atoms with Gasteiger partial charge in [0.1, 0.15) is 5.69 Å². The van der Waals surface area contributed by atoms with Crippen LogP contribution >= 0.6 is 0 Å². The van der Waals surface area contributed by atoms with Gasteiger partial charge in [0.2, 0.25) is 0 Å². The average Bonchev–Trinajstić information content (AvgIpc) is 3.08. The Morgan fingerprint density at radius 1 is 1.03 bits per heavy atom. The summed E-state index contributed by atoms with van der Waals surface area (Å²) in [7, 11) is 0. The lowest BCUT2D eigenvalue weighted by atomic mass is 10.0. The first-order chi connectivity index (χ1) is 14.2. The number of β-amino-alcohol motifs (C(OH)–C–C–N with tert-alkyl or cyclic N) is 1. The Bertz CT molecular complexity index is 1090. The number of benzene rings is 2. The molecular formula is C20H17F3N4O3. The number of hydrogen-bond acceptors (Lipinski definition) is 5. The van der Waals surface area contributed by atoms with Crippen LogP contribution in [0.2, 0.25) is 0 Å². The average molecular weight is 418 g/mol. The number of aliphatic hydroxyl groups is 1. The molecule has 156 valence electrons. The maximum atomic E-state index is 12.8. The monoisotopic (exact) mass is 418 g/mol. The van der Waals surface area contributed by atoms with Gasteiger partial charge in [-0.05, 0) is 12.1 Å². The summed E-state index contributed by atoms with van der Waals surface area (Å²) in [6, 6.07) is 11.2. The Labute approximate surface area is 168 Å². The van der Waals surface area contributed by atoms with Crippen molar-refractivity contribution in [3.8, 4) is 11.3 Å². The summed E-state index contributed by atoms with van der Waals surface area (Å²) in [5.74, 6) is 0.359. The number of halogens is 3. The maximum Gasteiger partial charge on any atom is 0.416 e. The zero-order chi connectivity index (χ0) is 21.5. The van der Waals surface area contributed by atoms with Crippen molar-refractivity contribution in [2.75, 3.05) is 18.4 Å². The van der Waals surface area contributed by atoms with Crippen LogP contribution in [0.4, 0.5) is 23.8 Å². The molecule has 1 aliphatic heterocycles. The maximum absolute atomic E-state index is 12.8. The van der Waals surface area contributed by atoms with E-state index >= 15 is 0 Å². The fourth-order valence-electron chi connectivity index (χ4n) is 3.50. The minimum absolute atomic E-state index is 0.0119. The van der Waals surface area contributed by atoms with Gasteiger partial charge in [0.05, 0.1) is 24.3 Å². The highest BCUT2D eigenvalue weighted by atomic mass is 19.4. The Balaban J connectivity index is 1.68. The smallest absolute Gasteiger partial charge is 0.416 e. The standard InChI is InChI=1S/C20H17F3N4O3/c21-20(22,23)12-7-5-11(6-8-12)17-13-3-1-2-4-14(13)18(26-25-17)24-15-9-27(19(29)30)10-16(15)28/h1-8,15-16,28H,9-10H2,(H,24,26)(H,29,30)/t15-,16+/m1/s1. The quantitative estimate of drug-likeness (QED) is 0.603. The zero-order valence-corrected chi connectivity index (χ0v) is 15.5. The van der Waals surface area contributed by atoms with E-state index in [9.17, 15) is 23.1 Å². The molecule has 10 heteroatoms. The van der Waals surface area contributed by atoms with Crippen molar-refractivity contribution < 1.29 is 28.2 Å². The van der Waals surface area contributed by atoms with E-state index in [2.05, 4.69) is 15.5 Å². The van der Waals surface area contributed by atoms with Gasteiger partial charge in [0.25, 0.3) is 0 Å². The first-order valence-electron chi connectivity index (χ1n) is 9.09. The summed E-state index contributed by atoms with van der Waals surface area (Å²) < 4.78 is 38.5. The molecule has 2 aromatic carbocycles. The van der Waals surface area contributed by atoms with E-state index in [1.54, 1.807) is 24.3 Å². The highest BCUT2D eigenvalue weighted by molar-refractivity contribution is 6.00. The first kappa shape index (κ1) is 19.9. The number of carboxylic acid groups (broad SMARTS) is 1. The highest BCUT2D eigenvalue weighted by Gasteiger charge is 2.34. The van der Waals surface area contributed by atoms with Gasteiger partial charge in [-0.1, -0.05) is 36.4 Å². The lowest BCUT2D eigenvalue weighted by molar-refractivity contribution is -0.137. The lowest BCUT2D eigenvalue weighted by Crippen LogP contribution is -2.33. The molecule has 1 amide bonds. The minimum atomic E-state index is -4.42. The normalized spacial score (nSPS) is 19.3. The van der Waals surface area contributed by atoms with Crippen molar-refractivity contribution in [2.24, 2.45) is 0 Å². The Morgan fingerprint density at radius 3 is 2.30 bits per heavy atom. The summed E-state index contributed by atoms with van der Waals surface area (Å²) in [6.07, 6.45) is -6.45. The summed E-state index contributed by atoms with van der Waals surface area (Å²) in [6.45, 7) is 0.0785. The van der Waals surface area contributed by atoms with Crippen molar-refractivity contribution in [1.29, 1.82) is 0 Å². The summed E-state index contributed by atoms with van der Waals surface area (Å²) in [4.78, 5) is 12.2. The van der Waals surface area contributed by atoms with Crippen LogP contribution in [0.15, 0.2) is 48.5 Å². The summed E-state index contributed by atoms with van der Waals surface area (Å²) >= 11 is 0. The van der Waals surface area contributed by atoms with E-state index < -0.39 is 30.0 Å². The van der Waals surface area contributed by atoms with Crippen LogP contribution in [0.3, 0.4) is 0 Å². The lowest BCUT2D eigenvalue weighted by Gasteiger charge is -2.18. The molecule has 1 aliphatic rings. The fraction of sp³-hybridized carbons (Fsp3) is 0.250. The minimum Gasteiger partial charge on any atom is -0.465 e. The molecule has 0 aliphatic carbocycles. The van der Waals surface area contributed by atoms with Gasteiger partial charge in [-0.25, -0.2) is 4.79 Å². The third-order valence-corrected chi connectivity index (χ3v) is 5.05. The number of carbonyl (C=O) groups is 1. The summed E-state index contributed by atoms with van der Waals surface area (Å²) in [5, 5.41) is 32.0. The van der Waals surface area contributed by atoms with Crippen molar-refractivity contribution in [3.05, 3.63) is 54.1 Å². The molecule has 1 aromatic heterocycles. The van der Waals surface area contributed by atoms with Gasteiger partial charge in [-0.15, -0.1) is 10.2 Å². The van der Waals surface area contributed by atoms with Crippen LogP contribution in [-0.4, -0.2) is 56.6 Å². The van der Waals surface area contributed by atoms with Gasteiger partial charge in [0, 0.05) is 22.9 Å². The van der Waals surface area contributed by atoms with Gasteiger partial charge < -0.3 is 20.4 Å². The third-order valence-electron chi connectivity index (χ3n) is 5.05. The van der Waals surface area contributed by atoms with Crippen LogP contribution in [0.25, 0.3) is 22.0 Å². The first-order valence-corrected chi connectivity index (χ1v) is 9.09. The predicted molar refractivity (Wildman–Crippen MR) is 103 cm³/mol. The molecule has 4 rings (SSSR count). The number of aromatic nitrogens is 2. The highest BCUT2D eigenvalue weighted by Crippen LogP contribution is 2.33. The Hall–Kier alpha value is -3.40. The molecule has 2 heterocycles. The molecule has 1 fully saturated rings. The van der Waals surface area contributed by atoms with Gasteiger partial charge in [-0.3, -0.25) is 0 Å². The van der Waals surface area contributed by atoms with Crippen molar-refractivity contribution in [3.63, 3.8) is 0 Å². The molecule has 0 spiro atoms. The molecule has 0 radical (unpaired) electrons. The van der Waals surface area contributed by atoms with Gasteiger partial charge in [-0.2, -0.15) is 13.2 Å². The van der Waals surface area contributed by atoms with E-state index in [1.807, 2.05) is 0 Å². The fourth-order valence-corrected chi connectivity index (χ4v) is 3.50. The topological polar surface area (TPSA) is 98.6 Å². The largest absolute Gasteiger partial charge is 0.465 e.